The molecule has 0 saturated heterocycles. The van der Waals surface area contributed by atoms with Gasteiger partial charge in [0.15, 0.2) is 6.10 Å². The van der Waals surface area contributed by atoms with Gasteiger partial charge in [-0.25, -0.2) is 4.57 Å². The van der Waals surface area contributed by atoms with Crippen LogP contribution in [0.4, 0.5) is 0 Å². The monoisotopic (exact) mass is 751 g/mol. The zero-order chi connectivity index (χ0) is 38.2. The van der Waals surface area contributed by atoms with E-state index in [9.17, 15) is 19.0 Å². The summed E-state index contributed by atoms with van der Waals surface area (Å²) in [7, 11) is -4.29. The van der Waals surface area contributed by atoms with Gasteiger partial charge in [0.1, 0.15) is 6.61 Å². The van der Waals surface area contributed by atoms with Crippen LogP contribution in [-0.4, -0.2) is 42.8 Å². The molecule has 0 aromatic carbocycles. The fourth-order valence-electron chi connectivity index (χ4n) is 5.32. The molecule has 2 unspecified atom stereocenters. The predicted octanol–water partition coefficient (Wildman–Crippen LogP) is 12.8. The van der Waals surface area contributed by atoms with E-state index in [1.54, 1.807) is 6.92 Å². The highest BCUT2D eigenvalue weighted by Crippen LogP contribution is 2.43. The Kier molecular flexibility index (Phi) is 36.8. The van der Waals surface area contributed by atoms with Gasteiger partial charge in [-0.05, 0) is 84.0 Å². The third-order valence-corrected chi connectivity index (χ3v) is 9.37. The van der Waals surface area contributed by atoms with E-state index in [4.69, 9.17) is 18.5 Å². The molecule has 0 aliphatic rings. The average Bonchev–Trinajstić information content (AvgIpc) is 3.12. The van der Waals surface area contributed by atoms with Gasteiger partial charge < -0.3 is 14.4 Å². The SMILES string of the molecule is CC/C=C\C/C=C\C/C=C\C/C=C\CCCCC(=O)OC(COC(=O)CCCCCCCCC/C=C\CCCCCCCC)COP(=O)(O)OCC. The molecule has 9 heteroatoms. The van der Waals surface area contributed by atoms with Crippen LogP contribution in [0.3, 0.4) is 0 Å². The Balaban J connectivity index is 4.18. The standard InChI is InChI=1S/C43H75O8P/c1-4-7-9-11-13-15-17-19-21-22-24-25-27-29-31-33-35-37-42(44)48-39-41(40-50-52(46,47)49-6-3)51-43(45)38-36-34-32-30-28-26-23-20-18-16-14-12-10-8-5-2/h8,10,14,16,19-21,23,28,30,41H,4-7,9,11-13,15,17-18,22,24-27,29,31-40H2,1-3H3,(H,46,47)/b10-8-,16-14-,21-19-,23-20-,30-28-. The Labute approximate surface area is 318 Å². The fourth-order valence-corrected chi connectivity index (χ4v) is 6.07. The second-order valence-corrected chi connectivity index (χ2v) is 14.7. The first kappa shape index (κ1) is 49.8. The molecule has 0 amide bonds. The number of esters is 2. The molecular weight excluding hydrogens is 675 g/mol. The van der Waals surface area contributed by atoms with Gasteiger partial charge in [0.2, 0.25) is 0 Å². The molecule has 2 atom stereocenters. The molecule has 8 nitrogen and oxygen atoms in total. The van der Waals surface area contributed by atoms with Gasteiger partial charge in [0, 0.05) is 12.8 Å². The number of hydrogen-bond acceptors (Lipinski definition) is 7. The van der Waals surface area contributed by atoms with E-state index in [1.165, 1.54) is 64.2 Å². The number of rotatable bonds is 37. The molecule has 0 saturated carbocycles. The van der Waals surface area contributed by atoms with Crippen molar-refractivity contribution in [1.29, 1.82) is 0 Å². The molecule has 0 heterocycles. The molecule has 0 radical (unpaired) electrons. The van der Waals surface area contributed by atoms with E-state index in [0.29, 0.717) is 6.42 Å². The lowest BCUT2D eigenvalue weighted by Crippen LogP contribution is -2.29. The van der Waals surface area contributed by atoms with Crippen molar-refractivity contribution >= 4 is 19.8 Å². The summed E-state index contributed by atoms with van der Waals surface area (Å²) in [4.78, 5) is 34.7. The lowest BCUT2D eigenvalue weighted by Gasteiger charge is -2.19. The Bertz CT molecular complexity index is 1030. The Morgan fingerprint density at radius 3 is 1.54 bits per heavy atom. The first-order valence-electron chi connectivity index (χ1n) is 20.6. The number of ether oxygens (including phenoxy) is 2. The largest absolute Gasteiger partial charge is 0.472 e. The topological polar surface area (TPSA) is 108 Å². The van der Waals surface area contributed by atoms with Crippen LogP contribution >= 0.6 is 7.82 Å². The number of allylic oxidation sites excluding steroid dienone is 10. The Hall–Kier alpha value is -2.25. The van der Waals surface area contributed by atoms with Gasteiger partial charge in [0.05, 0.1) is 13.2 Å². The highest BCUT2D eigenvalue weighted by molar-refractivity contribution is 7.47. The average molecular weight is 751 g/mol. The van der Waals surface area contributed by atoms with Crippen LogP contribution in [0, 0.1) is 0 Å². The highest BCUT2D eigenvalue weighted by Gasteiger charge is 2.25. The number of phosphoric ester groups is 1. The minimum Gasteiger partial charge on any atom is -0.462 e. The van der Waals surface area contributed by atoms with E-state index in [1.807, 2.05) is 0 Å². The van der Waals surface area contributed by atoms with Crippen molar-refractivity contribution in [3.05, 3.63) is 60.8 Å². The fraction of sp³-hybridized carbons (Fsp3) is 0.721. The molecule has 0 aliphatic heterocycles. The molecule has 1 N–H and O–H groups in total. The lowest BCUT2D eigenvalue weighted by atomic mass is 10.1. The molecule has 0 spiro atoms. The number of phosphoric acid groups is 1. The van der Waals surface area contributed by atoms with Gasteiger partial charge in [-0.1, -0.05) is 139 Å². The molecule has 0 aromatic rings. The minimum absolute atomic E-state index is 0.0107. The van der Waals surface area contributed by atoms with Crippen LogP contribution in [0.2, 0.25) is 0 Å². The predicted molar refractivity (Wildman–Crippen MR) is 216 cm³/mol. The van der Waals surface area contributed by atoms with E-state index in [0.717, 1.165) is 70.6 Å². The maximum Gasteiger partial charge on any atom is 0.472 e. The van der Waals surface area contributed by atoms with Crippen LogP contribution in [-0.2, 0) is 32.7 Å². The summed E-state index contributed by atoms with van der Waals surface area (Å²) >= 11 is 0. The molecule has 0 bridgehead atoms. The maximum absolute atomic E-state index is 12.5. The van der Waals surface area contributed by atoms with Crippen molar-refractivity contribution < 1.29 is 37.6 Å². The summed E-state index contributed by atoms with van der Waals surface area (Å²) in [6.07, 6.45) is 45.6. The van der Waals surface area contributed by atoms with Crippen molar-refractivity contribution in [1.82, 2.24) is 0 Å². The van der Waals surface area contributed by atoms with Crippen molar-refractivity contribution in [2.24, 2.45) is 0 Å². The summed E-state index contributed by atoms with van der Waals surface area (Å²) in [5.41, 5.74) is 0. The number of carbonyl (C=O) groups excluding carboxylic acids is 2. The van der Waals surface area contributed by atoms with Gasteiger partial charge in [0.25, 0.3) is 0 Å². The van der Waals surface area contributed by atoms with Crippen LogP contribution in [0.25, 0.3) is 0 Å². The van der Waals surface area contributed by atoms with Crippen LogP contribution in [0.15, 0.2) is 60.8 Å². The summed E-state index contributed by atoms with van der Waals surface area (Å²) in [5.74, 6) is -0.855. The van der Waals surface area contributed by atoms with Gasteiger partial charge in [-0.2, -0.15) is 0 Å². The smallest absolute Gasteiger partial charge is 0.462 e. The van der Waals surface area contributed by atoms with Crippen LogP contribution in [0.1, 0.15) is 175 Å². The van der Waals surface area contributed by atoms with Crippen molar-refractivity contribution in [3.8, 4) is 0 Å². The summed E-state index contributed by atoms with van der Waals surface area (Å²) in [5, 5.41) is 0. The van der Waals surface area contributed by atoms with Crippen molar-refractivity contribution in [2.75, 3.05) is 19.8 Å². The second-order valence-electron chi connectivity index (χ2n) is 13.3. The second kappa shape index (κ2) is 38.5. The molecular formula is C43H75O8P. The van der Waals surface area contributed by atoms with Gasteiger partial charge in [-0.15, -0.1) is 0 Å². The van der Waals surface area contributed by atoms with Gasteiger partial charge >= 0.3 is 19.8 Å². The Morgan fingerprint density at radius 2 is 0.981 bits per heavy atom. The van der Waals surface area contributed by atoms with Crippen molar-refractivity contribution in [3.63, 3.8) is 0 Å². The first-order chi connectivity index (χ1) is 25.3. The maximum atomic E-state index is 12.5. The molecule has 0 aromatic heterocycles. The van der Waals surface area contributed by atoms with E-state index in [-0.39, 0.29) is 32.0 Å². The summed E-state index contributed by atoms with van der Waals surface area (Å²) in [6, 6.07) is 0. The Morgan fingerprint density at radius 1 is 0.538 bits per heavy atom. The zero-order valence-electron chi connectivity index (χ0n) is 33.2. The van der Waals surface area contributed by atoms with Gasteiger partial charge in [-0.3, -0.25) is 18.6 Å². The van der Waals surface area contributed by atoms with Crippen LogP contribution in [0.5, 0.6) is 0 Å². The highest BCUT2D eigenvalue weighted by atomic mass is 31.2. The first-order valence-corrected chi connectivity index (χ1v) is 22.1. The molecule has 300 valence electrons. The molecule has 0 aliphatic carbocycles. The summed E-state index contributed by atoms with van der Waals surface area (Å²) < 4.78 is 32.5. The van der Waals surface area contributed by atoms with E-state index < -0.39 is 26.5 Å². The number of unbranched alkanes of at least 4 members (excludes halogenated alkanes) is 15. The third-order valence-electron chi connectivity index (χ3n) is 8.31. The summed E-state index contributed by atoms with van der Waals surface area (Å²) in [6.45, 7) is 5.29. The number of carbonyl (C=O) groups is 2. The quantitative estimate of drug-likeness (QED) is 0.0289. The van der Waals surface area contributed by atoms with E-state index >= 15 is 0 Å². The molecule has 52 heavy (non-hydrogen) atoms. The molecule has 0 rings (SSSR count). The van der Waals surface area contributed by atoms with E-state index in [2.05, 4.69) is 74.6 Å². The number of hydrogen-bond donors (Lipinski definition) is 1. The van der Waals surface area contributed by atoms with Crippen molar-refractivity contribution in [2.45, 2.75) is 181 Å². The zero-order valence-corrected chi connectivity index (χ0v) is 34.1. The normalized spacial score (nSPS) is 14.0. The van der Waals surface area contributed by atoms with Crippen LogP contribution < -0.4 is 0 Å². The third kappa shape index (κ3) is 37.5. The lowest BCUT2D eigenvalue weighted by molar-refractivity contribution is -0.161. The molecule has 0 fully saturated rings. The minimum atomic E-state index is -4.29.